The fraction of sp³-hybridized carbons (Fsp3) is 0.235. The van der Waals surface area contributed by atoms with Crippen molar-refractivity contribution in [1.29, 1.82) is 0 Å². The lowest BCUT2D eigenvalue weighted by molar-refractivity contribution is -0.137. The number of alkyl halides is 3. The molecule has 5 nitrogen and oxygen atoms in total. The van der Waals surface area contributed by atoms with Crippen LogP contribution in [0.3, 0.4) is 0 Å². The molecule has 2 heterocycles. The molecule has 0 fully saturated rings. The average Bonchev–Trinajstić information content (AvgIpc) is 2.95. The third kappa shape index (κ3) is 3.47. The third-order valence-electron chi connectivity index (χ3n) is 3.83. The molecule has 2 aromatic heterocycles. The number of benzene rings is 1. The van der Waals surface area contributed by atoms with Crippen molar-refractivity contribution < 1.29 is 22.5 Å². The minimum atomic E-state index is -4.43. The van der Waals surface area contributed by atoms with Gasteiger partial charge in [-0.05, 0) is 37.6 Å². The minimum absolute atomic E-state index is 0.276. The molecule has 0 radical (unpaired) electrons. The Bertz CT molecular complexity index is 934. The maximum Gasteiger partial charge on any atom is 0.416 e. The molecule has 1 N–H and O–H groups in total. The highest BCUT2D eigenvalue weighted by Gasteiger charge is 2.30. The summed E-state index contributed by atoms with van der Waals surface area (Å²) in [6.07, 6.45) is -3.10. The molecule has 1 amide bonds. The molecule has 0 saturated heterocycles. The van der Waals surface area contributed by atoms with Crippen molar-refractivity contribution in [3.8, 4) is 0 Å². The molecular weight excluding hydrogens is 335 g/mol. The number of halogens is 3. The van der Waals surface area contributed by atoms with E-state index in [1.165, 1.54) is 18.3 Å². The number of hydrogen-bond donors (Lipinski definition) is 1. The Labute approximate surface area is 140 Å². The summed E-state index contributed by atoms with van der Waals surface area (Å²) < 4.78 is 43.4. The molecule has 3 aromatic rings. The average molecular weight is 349 g/mol. The third-order valence-corrected chi connectivity index (χ3v) is 3.83. The molecule has 0 bridgehead atoms. The van der Waals surface area contributed by atoms with Gasteiger partial charge in [-0.25, -0.2) is 4.98 Å². The van der Waals surface area contributed by atoms with Crippen molar-refractivity contribution in [2.24, 2.45) is 0 Å². The van der Waals surface area contributed by atoms with E-state index in [-0.39, 0.29) is 5.56 Å². The second-order valence-electron chi connectivity index (χ2n) is 5.66. The predicted molar refractivity (Wildman–Crippen MR) is 83.9 cm³/mol. The number of nitrogens with zero attached hydrogens (tertiary/aromatic N) is 2. The number of nitrogens with one attached hydrogen (secondary N) is 1. The second-order valence-corrected chi connectivity index (χ2v) is 5.66. The van der Waals surface area contributed by atoms with Gasteiger partial charge in [0, 0.05) is 6.20 Å². The molecule has 1 aromatic carbocycles. The zero-order valence-electron chi connectivity index (χ0n) is 13.4. The van der Waals surface area contributed by atoms with Gasteiger partial charge in [0.2, 0.25) is 0 Å². The monoisotopic (exact) mass is 349 g/mol. The van der Waals surface area contributed by atoms with Crippen molar-refractivity contribution in [2.45, 2.75) is 26.1 Å². The van der Waals surface area contributed by atoms with Crippen LogP contribution in [0.15, 0.2) is 41.1 Å². The highest BCUT2D eigenvalue weighted by molar-refractivity contribution is 5.97. The highest BCUT2D eigenvalue weighted by atomic mass is 19.4. The van der Waals surface area contributed by atoms with E-state index in [0.29, 0.717) is 22.4 Å². The van der Waals surface area contributed by atoms with Crippen molar-refractivity contribution in [3.05, 3.63) is 58.9 Å². The number of hydrogen-bond acceptors (Lipinski definition) is 4. The number of carbonyl (C=O) groups excluding carboxylic acids is 1. The van der Waals surface area contributed by atoms with Crippen molar-refractivity contribution in [2.75, 3.05) is 0 Å². The molecule has 0 spiro atoms. The van der Waals surface area contributed by atoms with E-state index < -0.39 is 23.7 Å². The molecule has 1 atom stereocenters. The van der Waals surface area contributed by atoms with Crippen LogP contribution in [0, 0.1) is 6.92 Å². The van der Waals surface area contributed by atoms with Crippen molar-refractivity contribution >= 4 is 17.0 Å². The molecule has 130 valence electrons. The van der Waals surface area contributed by atoms with E-state index in [2.05, 4.69) is 15.5 Å². The van der Waals surface area contributed by atoms with Crippen LogP contribution >= 0.6 is 0 Å². The first kappa shape index (κ1) is 16.9. The molecular formula is C17H14F3N3O2. The van der Waals surface area contributed by atoms with Gasteiger partial charge in [-0.2, -0.15) is 13.2 Å². The normalized spacial score (nSPS) is 13.0. The minimum Gasteiger partial charge on any atom is -0.345 e. The van der Waals surface area contributed by atoms with Crippen LogP contribution in [0.25, 0.3) is 11.1 Å². The van der Waals surface area contributed by atoms with Crippen LogP contribution in [0.1, 0.15) is 40.1 Å². The lowest BCUT2D eigenvalue weighted by Gasteiger charge is -2.16. The van der Waals surface area contributed by atoms with Gasteiger partial charge in [-0.15, -0.1) is 0 Å². The number of aryl methyl sites for hydroxylation is 1. The molecule has 0 saturated carbocycles. The Morgan fingerprint density at radius 3 is 2.76 bits per heavy atom. The summed E-state index contributed by atoms with van der Waals surface area (Å²) in [6, 6.07) is 5.85. The number of amides is 1. The van der Waals surface area contributed by atoms with Gasteiger partial charge in [0.15, 0.2) is 0 Å². The molecule has 25 heavy (non-hydrogen) atoms. The molecule has 8 heteroatoms. The van der Waals surface area contributed by atoms with E-state index >= 15 is 0 Å². The summed E-state index contributed by atoms with van der Waals surface area (Å²) >= 11 is 0. The number of pyridine rings is 1. The maximum atomic E-state index is 12.8. The van der Waals surface area contributed by atoms with Crippen LogP contribution in [-0.2, 0) is 6.18 Å². The van der Waals surface area contributed by atoms with E-state index in [1.54, 1.807) is 19.9 Å². The van der Waals surface area contributed by atoms with Crippen LogP contribution in [-0.4, -0.2) is 16.0 Å². The van der Waals surface area contributed by atoms with Gasteiger partial charge >= 0.3 is 6.18 Å². The first-order valence-corrected chi connectivity index (χ1v) is 7.46. The Balaban J connectivity index is 1.81. The summed E-state index contributed by atoms with van der Waals surface area (Å²) in [5.41, 5.74) is 0.799. The van der Waals surface area contributed by atoms with Crippen molar-refractivity contribution in [1.82, 2.24) is 15.5 Å². The first-order chi connectivity index (χ1) is 11.8. The van der Waals surface area contributed by atoms with Gasteiger partial charge in [0.05, 0.1) is 28.2 Å². The molecule has 0 aliphatic rings. The predicted octanol–water partition coefficient (Wildman–Crippen LogP) is 4.04. The van der Waals surface area contributed by atoms with E-state index in [9.17, 15) is 18.0 Å². The summed E-state index contributed by atoms with van der Waals surface area (Å²) in [5.74, 6) is -0.445. The Hall–Kier alpha value is -2.90. The van der Waals surface area contributed by atoms with Gasteiger partial charge in [-0.1, -0.05) is 17.3 Å². The molecule has 1 unspecified atom stereocenters. The summed E-state index contributed by atoms with van der Waals surface area (Å²) in [6.45, 7) is 3.34. The molecule has 3 rings (SSSR count). The zero-order valence-corrected chi connectivity index (χ0v) is 13.4. The summed E-state index contributed by atoms with van der Waals surface area (Å²) in [4.78, 5) is 16.4. The lowest BCUT2D eigenvalue weighted by atomic mass is 10.0. The Morgan fingerprint density at radius 2 is 2.04 bits per heavy atom. The van der Waals surface area contributed by atoms with Gasteiger partial charge < -0.3 is 9.84 Å². The first-order valence-electron chi connectivity index (χ1n) is 7.46. The smallest absolute Gasteiger partial charge is 0.345 e. The number of aromatic nitrogens is 2. The Morgan fingerprint density at radius 1 is 1.28 bits per heavy atom. The van der Waals surface area contributed by atoms with Crippen LogP contribution in [0.2, 0.25) is 0 Å². The lowest BCUT2D eigenvalue weighted by Crippen LogP contribution is -2.27. The van der Waals surface area contributed by atoms with Crippen LogP contribution in [0.4, 0.5) is 13.2 Å². The highest BCUT2D eigenvalue weighted by Crippen LogP contribution is 2.30. The Kier molecular flexibility index (Phi) is 4.20. The largest absolute Gasteiger partial charge is 0.416 e. The van der Waals surface area contributed by atoms with Crippen molar-refractivity contribution in [3.63, 3.8) is 0 Å². The van der Waals surface area contributed by atoms with Gasteiger partial charge in [0.1, 0.15) is 0 Å². The van der Waals surface area contributed by atoms with E-state index in [0.717, 1.165) is 12.1 Å². The zero-order chi connectivity index (χ0) is 18.2. The van der Waals surface area contributed by atoms with Gasteiger partial charge in [0.25, 0.3) is 11.6 Å². The number of fused-ring (bicyclic) bond motifs is 1. The van der Waals surface area contributed by atoms with E-state index in [1.807, 2.05) is 0 Å². The fourth-order valence-corrected chi connectivity index (χ4v) is 2.42. The quantitative estimate of drug-likeness (QED) is 0.775. The SMILES string of the molecule is Cc1noc2ncc(C(=O)NC(C)c3cccc(C(F)(F)F)c3)cc12. The topological polar surface area (TPSA) is 68.0 Å². The summed E-state index contributed by atoms with van der Waals surface area (Å²) in [5, 5.41) is 7.04. The fourth-order valence-electron chi connectivity index (χ4n) is 2.42. The maximum absolute atomic E-state index is 12.8. The van der Waals surface area contributed by atoms with Gasteiger partial charge in [-0.3, -0.25) is 4.79 Å². The standard InChI is InChI=1S/C17H14F3N3O2/c1-9(11-4-3-5-13(6-11)17(18,19)20)22-15(24)12-7-14-10(2)23-25-16(14)21-8-12/h3-9H,1-2H3,(H,22,24). The van der Waals surface area contributed by atoms with E-state index in [4.69, 9.17) is 4.52 Å². The number of rotatable bonds is 3. The second kappa shape index (κ2) is 6.19. The van der Waals surface area contributed by atoms with Crippen LogP contribution < -0.4 is 5.32 Å². The van der Waals surface area contributed by atoms with Crippen LogP contribution in [0.5, 0.6) is 0 Å². The molecule has 0 aliphatic heterocycles. The number of carbonyl (C=O) groups is 1. The summed E-state index contributed by atoms with van der Waals surface area (Å²) in [7, 11) is 0. The molecule has 0 aliphatic carbocycles.